The lowest BCUT2D eigenvalue weighted by atomic mass is 10.1. The van der Waals surface area contributed by atoms with Crippen molar-refractivity contribution < 1.29 is 14.2 Å². The van der Waals surface area contributed by atoms with Crippen molar-refractivity contribution in [3.63, 3.8) is 0 Å². The van der Waals surface area contributed by atoms with E-state index in [1.54, 1.807) is 19.2 Å². The van der Waals surface area contributed by atoms with E-state index < -0.39 is 0 Å². The normalized spacial score (nSPS) is 10.8. The van der Waals surface area contributed by atoms with Crippen molar-refractivity contribution in [3.05, 3.63) is 85.8 Å². The van der Waals surface area contributed by atoms with Gasteiger partial charge in [0.15, 0.2) is 11.5 Å². The summed E-state index contributed by atoms with van der Waals surface area (Å²) in [4.78, 5) is 0. The predicted octanol–water partition coefficient (Wildman–Crippen LogP) is 7.07. The maximum absolute atomic E-state index is 6.27. The van der Waals surface area contributed by atoms with Crippen LogP contribution in [0, 0.1) is 0 Å². The molecule has 0 amide bonds. The Bertz CT molecular complexity index is 1030. The minimum Gasteiger partial charge on any atom is -0.496 e. The fourth-order valence-electron chi connectivity index (χ4n) is 3.27. The summed E-state index contributed by atoms with van der Waals surface area (Å²) in [7, 11) is 1.70. The largest absolute Gasteiger partial charge is 0.496 e. The van der Waals surface area contributed by atoms with Gasteiger partial charge < -0.3 is 19.5 Å². The molecule has 0 aromatic heterocycles. The highest BCUT2D eigenvalue weighted by Gasteiger charge is 2.13. The van der Waals surface area contributed by atoms with Crippen LogP contribution in [0.2, 0.25) is 10.0 Å². The third kappa shape index (κ3) is 6.55. The maximum atomic E-state index is 6.27. The van der Waals surface area contributed by atoms with Gasteiger partial charge in [0, 0.05) is 26.6 Å². The SMILES string of the molecule is CCOc1cc(CNCCc2ccccc2OC)c(Br)cc1OCc1c(Cl)cccc1Cl. The highest BCUT2D eigenvalue weighted by Crippen LogP contribution is 2.35. The van der Waals surface area contributed by atoms with Gasteiger partial charge in [-0.05, 0) is 61.3 Å². The molecular weight excluding hydrogens is 513 g/mol. The van der Waals surface area contributed by atoms with Gasteiger partial charge in [0.2, 0.25) is 0 Å². The van der Waals surface area contributed by atoms with Crippen LogP contribution in [0.3, 0.4) is 0 Å². The first-order chi connectivity index (χ1) is 15.5. The van der Waals surface area contributed by atoms with Crippen LogP contribution in [0.25, 0.3) is 0 Å². The summed E-state index contributed by atoms with van der Waals surface area (Å²) in [5.41, 5.74) is 3.01. The summed E-state index contributed by atoms with van der Waals surface area (Å²) in [6.07, 6.45) is 0.875. The average Bonchev–Trinajstić information content (AvgIpc) is 2.79. The molecule has 0 atom stereocenters. The average molecular weight is 539 g/mol. The van der Waals surface area contributed by atoms with Gasteiger partial charge in [-0.15, -0.1) is 0 Å². The molecule has 0 saturated heterocycles. The molecule has 0 saturated carbocycles. The van der Waals surface area contributed by atoms with Crippen LogP contribution >= 0.6 is 39.1 Å². The number of rotatable bonds is 11. The minimum absolute atomic E-state index is 0.252. The zero-order valence-corrected chi connectivity index (χ0v) is 21.2. The fraction of sp³-hybridized carbons (Fsp3) is 0.280. The first-order valence-electron chi connectivity index (χ1n) is 10.4. The summed E-state index contributed by atoms with van der Waals surface area (Å²) in [5, 5.41) is 4.64. The molecule has 3 rings (SSSR count). The Kier molecular flexibility index (Phi) is 9.54. The van der Waals surface area contributed by atoms with E-state index in [1.807, 2.05) is 43.3 Å². The van der Waals surface area contributed by atoms with Crippen molar-refractivity contribution in [2.24, 2.45) is 0 Å². The summed E-state index contributed by atoms with van der Waals surface area (Å²) in [6, 6.07) is 17.4. The van der Waals surface area contributed by atoms with E-state index in [9.17, 15) is 0 Å². The third-order valence-corrected chi connectivity index (χ3v) is 6.37. The number of nitrogens with one attached hydrogen (secondary N) is 1. The molecule has 7 heteroatoms. The Morgan fingerprint density at radius 3 is 2.31 bits per heavy atom. The van der Waals surface area contributed by atoms with Crippen LogP contribution in [-0.2, 0) is 19.6 Å². The molecule has 0 heterocycles. The second-order valence-electron chi connectivity index (χ2n) is 7.05. The molecule has 0 bridgehead atoms. The van der Waals surface area contributed by atoms with Crippen molar-refractivity contribution in [1.82, 2.24) is 5.32 Å². The van der Waals surface area contributed by atoms with Crippen molar-refractivity contribution in [1.29, 1.82) is 0 Å². The maximum Gasteiger partial charge on any atom is 0.162 e. The molecule has 0 radical (unpaired) electrons. The van der Waals surface area contributed by atoms with E-state index in [0.717, 1.165) is 34.3 Å². The van der Waals surface area contributed by atoms with Crippen LogP contribution in [0.15, 0.2) is 59.1 Å². The highest BCUT2D eigenvalue weighted by atomic mass is 79.9. The van der Waals surface area contributed by atoms with E-state index in [-0.39, 0.29) is 6.61 Å². The molecule has 0 aliphatic carbocycles. The number of methoxy groups -OCH3 is 1. The quantitative estimate of drug-likeness (QED) is 0.265. The zero-order chi connectivity index (χ0) is 22.9. The Labute approximate surface area is 207 Å². The van der Waals surface area contributed by atoms with Gasteiger partial charge in [-0.1, -0.05) is 63.4 Å². The van der Waals surface area contributed by atoms with Gasteiger partial charge in [0.05, 0.1) is 13.7 Å². The minimum atomic E-state index is 0.252. The second-order valence-corrected chi connectivity index (χ2v) is 8.72. The number of para-hydroxylation sites is 1. The molecule has 4 nitrogen and oxygen atoms in total. The van der Waals surface area contributed by atoms with E-state index in [2.05, 4.69) is 27.3 Å². The van der Waals surface area contributed by atoms with Crippen LogP contribution in [0.4, 0.5) is 0 Å². The lowest BCUT2D eigenvalue weighted by molar-refractivity contribution is 0.269. The highest BCUT2D eigenvalue weighted by molar-refractivity contribution is 9.10. The third-order valence-electron chi connectivity index (χ3n) is 4.93. The Balaban J connectivity index is 1.65. The Morgan fingerprint density at radius 1 is 0.875 bits per heavy atom. The Morgan fingerprint density at radius 2 is 1.59 bits per heavy atom. The Hall–Kier alpha value is -1.92. The number of hydrogen-bond donors (Lipinski definition) is 1. The molecule has 32 heavy (non-hydrogen) atoms. The first-order valence-corrected chi connectivity index (χ1v) is 11.9. The van der Waals surface area contributed by atoms with E-state index in [0.29, 0.717) is 34.7 Å². The zero-order valence-electron chi connectivity index (χ0n) is 18.1. The van der Waals surface area contributed by atoms with E-state index in [4.69, 9.17) is 37.4 Å². The second kappa shape index (κ2) is 12.4. The molecule has 3 aromatic carbocycles. The van der Waals surface area contributed by atoms with Gasteiger partial charge in [-0.2, -0.15) is 0 Å². The van der Waals surface area contributed by atoms with Gasteiger partial charge in [0.1, 0.15) is 12.4 Å². The topological polar surface area (TPSA) is 39.7 Å². The van der Waals surface area contributed by atoms with E-state index >= 15 is 0 Å². The molecule has 1 N–H and O–H groups in total. The molecule has 0 aliphatic heterocycles. The summed E-state index contributed by atoms with van der Waals surface area (Å²) in [6.45, 7) is 4.24. The van der Waals surface area contributed by atoms with Crippen molar-refractivity contribution in [3.8, 4) is 17.2 Å². The molecule has 3 aromatic rings. The number of benzene rings is 3. The molecule has 170 valence electrons. The predicted molar refractivity (Wildman–Crippen MR) is 135 cm³/mol. The number of halogens is 3. The molecule has 0 unspecified atom stereocenters. The van der Waals surface area contributed by atoms with Crippen LogP contribution in [0.1, 0.15) is 23.6 Å². The summed E-state index contributed by atoms with van der Waals surface area (Å²) < 4.78 is 18.2. The van der Waals surface area contributed by atoms with Crippen LogP contribution < -0.4 is 19.5 Å². The summed E-state index contributed by atoms with van der Waals surface area (Å²) in [5.74, 6) is 2.22. The number of ether oxygens (including phenoxy) is 3. The molecule has 0 spiro atoms. The van der Waals surface area contributed by atoms with Crippen molar-refractivity contribution in [2.45, 2.75) is 26.5 Å². The van der Waals surface area contributed by atoms with E-state index in [1.165, 1.54) is 5.56 Å². The van der Waals surface area contributed by atoms with Gasteiger partial charge in [-0.3, -0.25) is 0 Å². The standard InChI is InChI=1S/C25H26BrCl2NO3/c1-3-31-24-13-18(15-29-12-11-17-7-4-5-10-23(17)30-2)20(26)14-25(24)32-16-19-21(27)8-6-9-22(19)28/h4-10,13-14,29H,3,11-12,15-16H2,1-2H3. The molecule has 0 fully saturated rings. The number of hydrogen-bond acceptors (Lipinski definition) is 4. The smallest absolute Gasteiger partial charge is 0.162 e. The van der Waals surface area contributed by atoms with Crippen LogP contribution in [0.5, 0.6) is 17.2 Å². The van der Waals surface area contributed by atoms with Crippen molar-refractivity contribution in [2.75, 3.05) is 20.3 Å². The van der Waals surface area contributed by atoms with Gasteiger partial charge >= 0.3 is 0 Å². The lowest BCUT2D eigenvalue weighted by Crippen LogP contribution is -2.17. The van der Waals surface area contributed by atoms with Gasteiger partial charge in [-0.25, -0.2) is 0 Å². The van der Waals surface area contributed by atoms with Crippen LogP contribution in [-0.4, -0.2) is 20.3 Å². The lowest BCUT2D eigenvalue weighted by Gasteiger charge is -2.16. The van der Waals surface area contributed by atoms with Crippen molar-refractivity contribution >= 4 is 39.1 Å². The fourth-order valence-corrected chi connectivity index (χ4v) is 4.24. The molecule has 0 aliphatic rings. The monoisotopic (exact) mass is 537 g/mol. The van der Waals surface area contributed by atoms with Gasteiger partial charge in [0.25, 0.3) is 0 Å². The molecular formula is C25H26BrCl2NO3. The first kappa shape index (κ1) is 24.7. The summed E-state index contributed by atoms with van der Waals surface area (Å²) >= 11 is 16.2.